The molecule has 0 aliphatic rings. The molecule has 0 saturated carbocycles. The number of hydrogen-bond donors (Lipinski definition) is 1. The van der Waals surface area contributed by atoms with Gasteiger partial charge in [-0.3, -0.25) is 9.36 Å². The predicted molar refractivity (Wildman–Crippen MR) is 73.8 cm³/mol. The molecule has 0 aliphatic heterocycles. The molecule has 0 aromatic carbocycles. The van der Waals surface area contributed by atoms with Gasteiger partial charge in [-0.05, 0) is 32.8 Å². The van der Waals surface area contributed by atoms with E-state index in [1.165, 1.54) is 11.3 Å². The third-order valence-corrected chi connectivity index (χ3v) is 3.57. The molecule has 2 aromatic heterocycles. The van der Waals surface area contributed by atoms with Crippen LogP contribution in [0.25, 0.3) is 0 Å². The van der Waals surface area contributed by atoms with Gasteiger partial charge in [-0.25, -0.2) is 4.98 Å². The Hall–Kier alpha value is -1.69. The summed E-state index contributed by atoms with van der Waals surface area (Å²) in [5.41, 5.74) is 9.74. The van der Waals surface area contributed by atoms with Crippen LogP contribution >= 0.6 is 0 Å². The van der Waals surface area contributed by atoms with Crippen LogP contribution in [0.3, 0.4) is 0 Å². The van der Waals surface area contributed by atoms with E-state index in [0.717, 1.165) is 30.9 Å². The lowest BCUT2D eigenvalue weighted by atomic mass is 10.0. The summed E-state index contributed by atoms with van der Waals surface area (Å²) in [7, 11) is 1.96. The average Bonchev–Trinajstić information content (AvgIpc) is 2.89. The maximum atomic E-state index is 6.25. The van der Waals surface area contributed by atoms with Crippen molar-refractivity contribution in [3.05, 3.63) is 29.1 Å². The minimum absolute atomic E-state index is 0.0381. The second kappa shape index (κ2) is 5.52. The molecule has 19 heavy (non-hydrogen) atoms. The number of aryl methyl sites for hydroxylation is 3. The van der Waals surface area contributed by atoms with Gasteiger partial charge < -0.3 is 5.73 Å². The van der Waals surface area contributed by atoms with Crippen LogP contribution in [0.2, 0.25) is 0 Å². The molecule has 104 valence electrons. The van der Waals surface area contributed by atoms with Crippen LogP contribution in [0.4, 0.5) is 0 Å². The Morgan fingerprint density at radius 3 is 2.63 bits per heavy atom. The van der Waals surface area contributed by atoms with E-state index in [-0.39, 0.29) is 6.04 Å². The second-order valence-corrected chi connectivity index (χ2v) is 4.93. The van der Waals surface area contributed by atoms with Crippen LogP contribution in [-0.4, -0.2) is 30.6 Å². The molecule has 2 rings (SSSR count). The van der Waals surface area contributed by atoms with Gasteiger partial charge in [0.2, 0.25) is 0 Å². The summed E-state index contributed by atoms with van der Waals surface area (Å²) >= 11 is 0. The Balaban J connectivity index is 2.07. The first-order valence-electron chi connectivity index (χ1n) is 6.64. The summed E-state index contributed by atoms with van der Waals surface area (Å²) in [4.78, 5) is 4.27. The van der Waals surface area contributed by atoms with Crippen LogP contribution in [-0.2, 0) is 26.4 Å². The van der Waals surface area contributed by atoms with Gasteiger partial charge >= 0.3 is 0 Å². The summed E-state index contributed by atoms with van der Waals surface area (Å²) in [6.45, 7) is 6.99. The molecular formula is C13H22N6. The molecule has 0 amide bonds. The SMILES string of the molecule is CCn1ncnc1CC(N)Cc1c(C)nn(C)c1C. The lowest BCUT2D eigenvalue weighted by molar-refractivity contribution is 0.566. The van der Waals surface area contributed by atoms with Crippen LogP contribution in [0.1, 0.15) is 29.7 Å². The number of rotatable bonds is 5. The molecule has 6 nitrogen and oxygen atoms in total. The Morgan fingerprint density at radius 1 is 1.32 bits per heavy atom. The van der Waals surface area contributed by atoms with Crippen LogP contribution in [0.5, 0.6) is 0 Å². The molecule has 0 fully saturated rings. The molecule has 2 aromatic rings. The predicted octanol–water partition coefficient (Wildman–Crippen LogP) is 0.761. The molecular weight excluding hydrogens is 240 g/mol. The van der Waals surface area contributed by atoms with E-state index in [2.05, 4.69) is 29.0 Å². The Bertz CT molecular complexity index is 553. The molecule has 0 saturated heterocycles. The van der Waals surface area contributed by atoms with Gasteiger partial charge in [0.1, 0.15) is 12.2 Å². The van der Waals surface area contributed by atoms with Crippen LogP contribution in [0, 0.1) is 13.8 Å². The van der Waals surface area contributed by atoms with E-state index in [1.807, 2.05) is 23.3 Å². The van der Waals surface area contributed by atoms with Gasteiger partial charge in [0.05, 0.1) is 5.69 Å². The highest BCUT2D eigenvalue weighted by Gasteiger charge is 2.15. The first-order chi connectivity index (χ1) is 9.02. The third kappa shape index (κ3) is 2.84. The van der Waals surface area contributed by atoms with E-state index >= 15 is 0 Å². The van der Waals surface area contributed by atoms with Crippen LogP contribution < -0.4 is 5.73 Å². The zero-order chi connectivity index (χ0) is 14.0. The summed E-state index contributed by atoms with van der Waals surface area (Å²) in [5, 5.41) is 8.59. The summed E-state index contributed by atoms with van der Waals surface area (Å²) in [5.74, 6) is 0.953. The van der Waals surface area contributed by atoms with E-state index < -0.39 is 0 Å². The van der Waals surface area contributed by atoms with Crippen molar-refractivity contribution in [2.24, 2.45) is 12.8 Å². The maximum Gasteiger partial charge on any atom is 0.138 e. The lowest BCUT2D eigenvalue weighted by Gasteiger charge is -2.12. The fraction of sp³-hybridized carbons (Fsp3) is 0.615. The van der Waals surface area contributed by atoms with Gasteiger partial charge in [0.25, 0.3) is 0 Å². The van der Waals surface area contributed by atoms with Gasteiger partial charge in [0.15, 0.2) is 0 Å². The summed E-state index contributed by atoms with van der Waals surface area (Å²) < 4.78 is 3.80. The monoisotopic (exact) mass is 262 g/mol. The van der Waals surface area contributed by atoms with Crippen molar-refractivity contribution in [3.63, 3.8) is 0 Å². The average molecular weight is 262 g/mol. The Kier molecular flexibility index (Phi) is 3.99. The summed E-state index contributed by atoms with van der Waals surface area (Å²) in [6.07, 6.45) is 3.15. The molecule has 0 aliphatic carbocycles. The zero-order valence-electron chi connectivity index (χ0n) is 12.1. The van der Waals surface area contributed by atoms with Crippen molar-refractivity contribution < 1.29 is 0 Å². The number of nitrogens with two attached hydrogens (primary N) is 1. The first-order valence-corrected chi connectivity index (χ1v) is 6.64. The molecule has 1 unspecified atom stereocenters. The molecule has 2 heterocycles. The van der Waals surface area contributed by atoms with Crippen molar-refractivity contribution in [3.8, 4) is 0 Å². The normalized spacial score (nSPS) is 12.9. The standard InChI is InChI=1S/C13H22N6/c1-5-19-13(15-8-16-19)7-11(14)6-12-9(2)17-18(4)10(12)3/h8,11H,5-7,14H2,1-4H3. The smallest absolute Gasteiger partial charge is 0.138 e. The second-order valence-electron chi connectivity index (χ2n) is 4.93. The Labute approximate surface area is 113 Å². The highest BCUT2D eigenvalue weighted by Crippen LogP contribution is 2.14. The van der Waals surface area contributed by atoms with E-state index in [9.17, 15) is 0 Å². The summed E-state index contributed by atoms with van der Waals surface area (Å²) in [6, 6.07) is 0.0381. The molecule has 0 spiro atoms. The van der Waals surface area contributed by atoms with Gasteiger partial charge in [0, 0.05) is 31.7 Å². The fourth-order valence-electron chi connectivity index (χ4n) is 2.39. The van der Waals surface area contributed by atoms with Crippen molar-refractivity contribution in [2.45, 2.75) is 46.2 Å². The first kappa shape index (κ1) is 13.7. The molecule has 1 atom stereocenters. The largest absolute Gasteiger partial charge is 0.327 e. The lowest BCUT2D eigenvalue weighted by Crippen LogP contribution is -2.27. The van der Waals surface area contributed by atoms with Crippen molar-refractivity contribution in [1.82, 2.24) is 24.5 Å². The molecule has 6 heteroatoms. The highest BCUT2D eigenvalue weighted by atomic mass is 15.3. The number of nitrogens with zero attached hydrogens (tertiary/aromatic N) is 5. The maximum absolute atomic E-state index is 6.25. The Morgan fingerprint density at radius 2 is 2.05 bits per heavy atom. The zero-order valence-corrected chi connectivity index (χ0v) is 12.1. The van der Waals surface area contributed by atoms with Crippen molar-refractivity contribution >= 4 is 0 Å². The highest BCUT2D eigenvalue weighted by molar-refractivity contribution is 5.25. The minimum Gasteiger partial charge on any atom is -0.327 e. The van der Waals surface area contributed by atoms with Gasteiger partial charge in [-0.2, -0.15) is 10.2 Å². The van der Waals surface area contributed by atoms with E-state index in [1.54, 1.807) is 6.33 Å². The van der Waals surface area contributed by atoms with E-state index in [0.29, 0.717) is 0 Å². The quantitative estimate of drug-likeness (QED) is 0.863. The van der Waals surface area contributed by atoms with Crippen molar-refractivity contribution in [1.29, 1.82) is 0 Å². The van der Waals surface area contributed by atoms with Gasteiger partial charge in [-0.15, -0.1) is 0 Å². The van der Waals surface area contributed by atoms with Crippen molar-refractivity contribution in [2.75, 3.05) is 0 Å². The molecule has 2 N–H and O–H groups in total. The number of aromatic nitrogens is 5. The topological polar surface area (TPSA) is 74.6 Å². The third-order valence-electron chi connectivity index (χ3n) is 3.57. The fourth-order valence-corrected chi connectivity index (χ4v) is 2.39. The number of hydrogen-bond acceptors (Lipinski definition) is 4. The van der Waals surface area contributed by atoms with Gasteiger partial charge in [-0.1, -0.05) is 0 Å². The van der Waals surface area contributed by atoms with Crippen LogP contribution in [0.15, 0.2) is 6.33 Å². The molecule has 0 bridgehead atoms. The minimum atomic E-state index is 0.0381. The van der Waals surface area contributed by atoms with E-state index in [4.69, 9.17) is 5.73 Å². The molecule has 0 radical (unpaired) electrons.